The molecular weight excluding hydrogens is 415 g/mol. The largest absolute Gasteiger partial charge is 0.493 e. The molecule has 1 aliphatic rings. The van der Waals surface area contributed by atoms with Gasteiger partial charge < -0.3 is 24.2 Å². The highest BCUT2D eigenvalue weighted by molar-refractivity contribution is 5.85. The van der Waals surface area contributed by atoms with Crippen LogP contribution >= 0.6 is 24.8 Å². The van der Waals surface area contributed by atoms with E-state index < -0.39 is 6.10 Å². The molecule has 162 valence electrons. The number of nitrogens with zero attached hydrogens (tertiary/aromatic N) is 2. The Morgan fingerprint density at radius 2 is 1.45 bits per heavy atom. The van der Waals surface area contributed by atoms with E-state index in [-0.39, 0.29) is 31.4 Å². The second kappa shape index (κ2) is 12.6. The minimum absolute atomic E-state index is 0. The lowest BCUT2D eigenvalue weighted by atomic mass is 10.2. The van der Waals surface area contributed by atoms with Crippen LogP contribution in [0.15, 0.2) is 48.5 Å². The van der Waals surface area contributed by atoms with E-state index in [0.29, 0.717) is 23.8 Å². The van der Waals surface area contributed by atoms with Crippen molar-refractivity contribution in [2.24, 2.45) is 0 Å². The molecule has 0 aromatic heterocycles. The molecule has 2 aromatic carbocycles. The van der Waals surface area contributed by atoms with E-state index in [1.54, 1.807) is 14.2 Å². The fourth-order valence-corrected chi connectivity index (χ4v) is 3.32. The number of piperazine rings is 1. The van der Waals surface area contributed by atoms with Crippen LogP contribution in [0.25, 0.3) is 0 Å². The first-order valence-electron chi connectivity index (χ1n) is 9.25. The molecule has 1 heterocycles. The maximum Gasteiger partial charge on any atom is 0.203 e. The van der Waals surface area contributed by atoms with Gasteiger partial charge in [-0.1, -0.05) is 24.3 Å². The zero-order chi connectivity index (χ0) is 19.1. The van der Waals surface area contributed by atoms with E-state index in [1.807, 2.05) is 24.3 Å². The Labute approximate surface area is 185 Å². The minimum Gasteiger partial charge on any atom is -0.493 e. The fourth-order valence-electron chi connectivity index (χ4n) is 3.32. The third kappa shape index (κ3) is 6.85. The van der Waals surface area contributed by atoms with Crippen LogP contribution in [0, 0.1) is 0 Å². The minimum atomic E-state index is -0.581. The highest BCUT2D eigenvalue weighted by atomic mass is 35.5. The number of aliphatic hydroxyl groups is 1. The average Bonchev–Trinajstić information content (AvgIpc) is 2.73. The Kier molecular flexibility index (Phi) is 11.0. The SMILES string of the molecule is COc1cccc(OC)c1OCC(O)CN1CCN(c2ccccc2)CC1.Cl.Cl. The number of hydrogen-bond acceptors (Lipinski definition) is 6. The molecule has 0 amide bonds. The predicted molar refractivity (Wildman–Crippen MR) is 121 cm³/mol. The molecule has 0 spiro atoms. The standard InChI is InChI=1S/C21H28N2O4.2ClH/c1-25-19-9-6-10-20(26-2)21(19)27-16-18(24)15-22-11-13-23(14-12-22)17-7-4-3-5-8-17;;/h3-10,18,24H,11-16H2,1-2H3;2*1H. The summed E-state index contributed by atoms with van der Waals surface area (Å²) >= 11 is 0. The summed E-state index contributed by atoms with van der Waals surface area (Å²) in [4.78, 5) is 4.64. The molecule has 0 saturated carbocycles. The number of benzene rings is 2. The number of methoxy groups -OCH3 is 2. The highest BCUT2D eigenvalue weighted by Crippen LogP contribution is 2.36. The van der Waals surface area contributed by atoms with E-state index in [4.69, 9.17) is 14.2 Å². The van der Waals surface area contributed by atoms with Crippen LogP contribution in [-0.2, 0) is 0 Å². The van der Waals surface area contributed by atoms with Crippen molar-refractivity contribution >= 4 is 30.5 Å². The van der Waals surface area contributed by atoms with Crippen LogP contribution in [0.1, 0.15) is 0 Å². The van der Waals surface area contributed by atoms with Crippen molar-refractivity contribution in [3.8, 4) is 17.2 Å². The van der Waals surface area contributed by atoms with Crippen molar-refractivity contribution in [1.29, 1.82) is 0 Å². The molecule has 1 N–H and O–H groups in total. The zero-order valence-corrected chi connectivity index (χ0v) is 18.5. The molecule has 29 heavy (non-hydrogen) atoms. The molecule has 0 radical (unpaired) electrons. The highest BCUT2D eigenvalue weighted by Gasteiger charge is 2.20. The van der Waals surface area contributed by atoms with Gasteiger partial charge in [-0.25, -0.2) is 0 Å². The van der Waals surface area contributed by atoms with Gasteiger partial charge in [0.1, 0.15) is 12.7 Å². The average molecular weight is 445 g/mol. The van der Waals surface area contributed by atoms with Crippen molar-refractivity contribution in [3.05, 3.63) is 48.5 Å². The molecule has 6 nitrogen and oxygen atoms in total. The van der Waals surface area contributed by atoms with Gasteiger partial charge in [-0.15, -0.1) is 24.8 Å². The third-order valence-electron chi connectivity index (χ3n) is 4.77. The zero-order valence-electron chi connectivity index (χ0n) is 16.8. The first kappa shape index (κ1) is 25.2. The Morgan fingerprint density at radius 3 is 2.00 bits per heavy atom. The molecule has 1 aliphatic heterocycles. The van der Waals surface area contributed by atoms with Crippen LogP contribution in [0.3, 0.4) is 0 Å². The fraction of sp³-hybridized carbons (Fsp3) is 0.429. The van der Waals surface area contributed by atoms with Gasteiger partial charge in [0.25, 0.3) is 0 Å². The van der Waals surface area contributed by atoms with Crippen molar-refractivity contribution in [2.75, 3.05) is 58.5 Å². The lowest BCUT2D eigenvalue weighted by Gasteiger charge is -2.36. The molecule has 1 fully saturated rings. The molecular formula is C21H30Cl2N2O4. The molecule has 8 heteroatoms. The first-order valence-corrected chi connectivity index (χ1v) is 9.25. The summed E-state index contributed by atoms with van der Waals surface area (Å²) < 4.78 is 16.4. The van der Waals surface area contributed by atoms with Gasteiger partial charge in [-0.2, -0.15) is 0 Å². The summed E-state index contributed by atoms with van der Waals surface area (Å²) in [5.74, 6) is 1.71. The Bertz CT molecular complexity index is 691. The van der Waals surface area contributed by atoms with Gasteiger partial charge in [0.2, 0.25) is 5.75 Å². The van der Waals surface area contributed by atoms with Crippen molar-refractivity contribution in [3.63, 3.8) is 0 Å². The number of β-amino-alcohol motifs (C(OH)–C–C–N with tert-alkyl or cyclic N) is 1. The monoisotopic (exact) mass is 444 g/mol. The summed E-state index contributed by atoms with van der Waals surface area (Å²) in [5, 5.41) is 10.4. The van der Waals surface area contributed by atoms with E-state index in [0.717, 1.165) is 26.2 Å². The molecule has 1 saturated heterocycles. The summed E-state index contributed by atoms with van der Waals surface area (Å²) in [7, 11) is 3.18. The number of rotatable bonds is 8. The van der Waals surface area contributed by atoms with Gasteiger partial charge in [0.15, 0.2) is 11.5 Å². The van der Waals surface area contributed by atoms with Gasteiger partial charge in [-0.05, 0) is 24.3 Å². The second-order valence-electron chi connectivity index (χ2n) is 6.58. The number of para-hydroxylation sites is 2. The first-order chi connectivity index (χ1) is 13.2. The van der Waals surface area contributed by atoms with Crippen LogP contribution in [0.4, 0.5) is 5.69 Å². The maximum atomic E-state index is 10.4. The third-order valence-corrected chi connectivity index (χ3v) is 4.77. The van der Waals surface area contributed by atoms with E-state index in [9.17, 15) is 5.11 Å². The number of anilines is 1. The Balaban J connectivity index is 0.00000210. The Hall–Kier alpha value is -1.86. The van der Waals surface area contributed by atoms with Gasteiger partial charge >= 0.3 is 0 Å². The normalized spacial score (nSPS) is 14.9. The van der Waals surface area contributed by atoms with Crippen LogP contribution in [-0.4, -0.2) is 69.7 Å². The number of hydrogen-bond donors (Lipinski definition) is 1. The molecule has 1 unspecified atom stereocenters. The summed E-state index contributed by atoms with van der Waals surface area (Å²) in [6.45, 7) is 4.53. The van der Waals surface area contributed by atoms with E-state index >= 15 is 0 Å². The van der Waals surface area contributed by atoms with Crippen molar-refractivity contribution in [2.45, 2.75) is 6.10 Å². The molecule has 0 aliphatic carbocycles. The summed E-state index contributed by atoms with van der Waals surface area (Å²) in [6, 6.07) is 15.9. The van der Waals surface area contributed by atoms with E-state index in [1.165, 1.54) is 5.69 Å². The van der Waals surface area contributed by atoms with Crippen molar-refractivity contribution in [1.82, 2.24) is 4.90 Å². The van der Waals surface area contributed by atoms with Gasteiger partial charge in [-0.3, -0.25) is 4.90 Å². The lowest BCUT2D eigenvalue weighted by Crippen LogP contribution is -2.49. The second-order valence-corrected chi connectivity index (χ2v) is 6.58. The van der Waals surface area contributed by atoms with Crippen LogP contribution in [0.2, 0.25) is 0 Å². The van der Waals surface area contributed by atoms with Crippen LogP contribution in [0.5, 0.6) is 17.2 Å². The molecule has 2 aromatic rings. The topological polar surface area (TPSA) is 54.4 Å². The predicted octanol–water partition coefficient (Wildman–Crippen LogP) is 3.11. The maximum absolute atomic E-state index is 10.4. The Morgan fingerprint density at radius 1 is 0.862 bits per heavy atom. The van der Waals surface area contributed by atoms with E-state index in [2.05, 4.69) is 34.1 Å². The van der Waals surface area contributed by atoms with Crippen molar-refractivity contribution < 1.29 is 19.3 Å². The number of aliphatic hydroxyl groups excluding tert-OH is 1. The molecule has 3 rings (SSSR count). The molecule has 1 atom stereocenters. The lowest BCUT2D eigenvalue weighted by molar-refractivity contribution is 0.0643. The quantitative estimate of drug-likeness (QED) is 0.674. The number of ether oxygens (including phenoxy) is 3. The summed E-state index contributed by atoms with van der Waals surface area (Å²) in [6.07, 6.45) is -0.581. The summed E-state index contributed by atoms with van der Waals surface area (Å²) in [5.41, 5.74) is 1.25. The number of halogens is 2. The van der Waals surface area contributed by atoms with Gasteiger partial charge in [0, 0.05) is 38.4 Å². The van der Waals surface area contributed by atoms with Gasteiger partial charge in [0.05, 0.1) is 14.2 Å². The molecule has 0 bridgehead atoms. The van der Waals surface area contributed by atoms with Crippen LogP contribution < -0.4 is 19.1 Å². The smallest absolute Gasteiger partial charge is 0.203 e.